The number of amides is 3. The second-order valence-electron chi connectivity index (χ2n) is 6.93. The molecule has 8 heteroatoms. The van der Waals surface area contributed by atoms with Crippen molar-refractivity contribution in [2.24, 2.45) is 0 Å². The fraction of sp³-hybridized carbons (Fsp3) is 0.300. The van der Waals surface area contributed by atoms with Crippen LogP contribution in [0.4, 0.5) is 10.5 Å². The maximum atomic E-state index is 12.7. The Kier molecular flexibility index (Phi) is 4.68. The number of nitrogens with zero attached hydrogens (tertiary/aromatic N) is 2. The van der Waals surface area contributed by atoms with Crippen LogP contribution >= 0.6 is 0 Å². The molecule has 1 saturated carbocycles. The first kappa shape index (κ1) is 18.0. The van der Waals surface area contributed by atoms with Crippen molar-refractivity contribution in [3.8, 4) is 11.3 Å². The van der Waals surface area contributed by atoms with Crippen LogP contribution in [-0.2, 0) is 4.79 Å². The number of para-hydroxylation sites is 1. The Bertz CT molecular complexity index is 972. The number of carbonyl (C=O) groups excluding carboxylic acids is 2. The quantitative estimate of drug-likeness (QED) is 0.372. The van der Waals surface area contributed by atoms with Gasteiger partial charge in [0, 0.05) is 18.2 Å². The van der Waals surface area contributed by atoms with Gasteiger partial charge >= 0.3 is 6.03 Å². The van der Waals surface area contributed by atoms with E-state index in [2.05, 4.69) is 5.32 Å². The first-order valence-corrected chi connectivity index (χ1v) is 9.24. The van der Waals surface area contributed by atoms with Crippen LogP contribution in [0.2, 0.25) is 0 Å². The monoisotopic (exact) mass is 381 g/mol. The molecule has 2 fully saturated rings. The fourth-order valence-corrected chi connectivity index (χ4v) is 3.78. The molecule has 1 aromatic heterocycles. The molecule has 28 heavy (non-hydrogen) atoms. The summed E-state index contributed by atoms with van der Waals surface area (Å²) in [6.45, 7) is 0. The van der Waals surface area contributed by atoms with E-state index in [1.807, 2.05) is 0 Å². The van der Waals surface area contributed by atoms with Crippen LogP contribution in [0.1, 0.15) is 37.9 Å². The van der Waals surface area contributed by atoms with Gasteiger partial charge in [-0.1, -0.05) is 31.4 Å². The van der Waals surface area contributed by atoms with Crippen LogP contribution in [-0.4, -0.2) is 27.8 Å². The van der Waals surface area contributed by atoms with E-state index in [0.717, 1.165) is 32.1 Å². The summed E-state index contributed by atoms with van der Waals surface area (Å²) in [7, 11) is 0. The normalized spacial score (nSPS) is 19.3. The van der Waals surface area contributed by atoms with Crippen LogP contribution in [0.5, 0.6) is 0 Å². The van der Waals surface area contributed by atoms with Crippen LogP contribution in [0, 0.1) is 10.1 Å². The fourth-order valence-electron chi connectivity index (χ4n) is 3.78. The molecule has 1 saturated heterocycles. The summed E-state index contributed by atoms with van der Waals surface area (Å²) in [4.78, 5) is 37.0. The van der Waals surface area contributed by atoms with Gasteiger partial charge in [0.15, 0.2) is 0 Å². The van der Waals surface area contributed by atoms with Crippen molar-refractivity contribution in [2.75, 3.05) is 0 Å². The van der Waals surface area contributed by atoms with E-state index >= 15 is 0 Å². The molecule has 0 atom stereocenters. The Morgan fingerprint density at radius 3 is 2.61 bits per heavy atom. The predicted octanol–water partition coefficient (Wildman–Crippen LogP) is 4.08. The van der Waals surface area contributed by atoms with Gasteiger partial charge in [-0.3, -0.25) is 19.8 Å². The molecule has 144 valence electrons. The molecule has 0 radical (unpaired) electrons. The molecular formula is C20H19N3O5. The number of rotatable bonds is 4. The van der Waals surface area contributed by atoms with Crippen molar-refractivity contribution in [3.05, 3.63) is 58.0 Å². The number of benzene rings is 1. The van der Waals surface area contributed by atoms with E-state index < -0.39 is 11.0 Å². The smallest absolute Gasteiger partial charge is 0.329 e. The average Bonchev–Trinajstić information content (AvgIpc) is 3.27. The number of urea groups is 1. The minimum absolute atomic E-state index is 0.0636. The van der Waals surface area contributed by atoms with E-state index in [-0.39, 0.29) is 23.3 Å². The average molecular weight is 381 g/mol. The van der Waals surface area contributed by atoms with Gasteiger partial charge < -0.3 is 9.73 Å². The van der Waals surface area contributed by atoms with Gasteiger partial charge in [0.25, 0.3) is 11.6 Å². The molecule has 2 aliphatic rings. The molecule has 8 nitrogen and oxygen atoms in total. The van der Waals surface area contributed by atoms with Crippen molar-refractivity contribution < 1.29 is 18.9 Å². The lowest BCUT2D eigenvalue weighted by Crippen LogP contribution is -2.41. The van der Waals surface area contributed by atoms with Gasteiger partial charge in [0.1, 0.15) is 17.2 Å². The Labute approximate surface area is 161 Å². The van der Waals surface area contributed by atoms with Gasteiger partial charge in [0.05, 0.1) is 10.5 Å². The Hall–Kier alpha value is -3.42. The van der Waals surface area contributed by atoms with Gasteiger partial charge in [0.2, 0.25) is 0 Å². The molecule has 1 aromatic carbocycles. The molecule has 0 spiro atoms. The summed E-state index contributed by atoms with van der Waals surface area (Å²) in [5, 5.41) is 13.8. The molecule has 2 heterocycles. The molecule has 0 bridgehead atoms. The van der Waals surface area contributed by atoms with Gasteiger partial charge in [-0.2, -0.15) is 0 Å². The minimum Gasteiger partial charge on any atom is -0.456 e. The predicted molar refractivity (Wildman–Crippen MR) is 101 cm³/mol. The summed E-state index contributed by atoms with van der Waals surface area (Å²) in [6, 6.07) is 9.02. The Morgan fingerprint density at radius 2 is 1.86 bits per heavy atom. The molecule has 0 unspecified atom stereocenters. The molecule has 4 rings (SSSR count). The van der Waals surface area contributed by atoms with E-state index in [0.29, 0.717) is 17.1 Å². The highest BCUT2D eigenvalue weighted by Crippen LogP contribution is 2.32. The zero-order valence-electron chi connectivity index (χ0n) is 15.1. The molecule has 1 aliphatic carbocycles. The Morgan fingerprint density at radius 1 is 1.11 bits per heavy atom. The summed E-state index contributed by atoms with van der Waals surface area (Å²) < 4.78 is 5.68. The molecule has 2 aromatic rings. The first-order chi connectivity index (χ1) is 13.5. The SMILES string of the molecule is O=C1N/C(=C\c2ccc(-c3ccccc3[N+](=O)[O-])o2)C(=O)N1C1CCCCC1. The highest BCUT2D eigenvalue weighted by molar-refractivity contribution is 6.14. The summed E-state index contributed by atoms with van der Waals surface area (Å²) in [5.41, 5.74) is 0.437. The lowest BCUT2D eigenvalue weighted by atomic mass is 9.94. The zero-order valence-corrected chi connectivity index (χ0v) is 15.1. The van der Waals surface area contributed by atoms with E-state index in [9.17, 15) is 19.7 Å². The summed E-state index contributed by atoms with van der Waals surface area (Å²) in [5.74, 6) is 0.294. The highest BCUT2D eigenvalue weighted by Gasteiger charge is 2.39. The Balaban J connectivity index is 1.58. The third-order valence-electron chi connectivity index (χ3n) is 5.13. The van der Waals surface area contributed by atoms with Crippen molar-refractivity contribution in [1.29, 1.82) is 0 Å². The highest BCUT2D eigenvalue weighted by atomic mass is 16.6. The molecule has 1 aliphatic heterocycles. The van der Waals surface area contributed by atoms with Crippen LogP contribution in [0.25, 0.3) is 17.4 Å². The lowest BCUT2D eigenvalue weighted by molar-refractivity contribution is -0.384. The summed E-state index contributed by atoms with van der Waals surface area (Å²) >= 11 is 0. The number of hydrogen-bond acceptors (Lipinski definition) is 5. The lowest BCUT2D eigenvalue weighted by Gasteiger charge is -2.28. The van der Waals surface area contributed by atoms with Gasteiger partial charge in [-0.25, -0.2) is 4.79 Å². The van der Waals surface area contributed by atoms with Crippen molar-refractivity contribution in [3.63, 3.8) is 0 Å². The number of nitrogens with one attached hydrogen (secondary N) is 1. The zero-order chi connectivity index (χ0) is 19.7. The minimum atomic E-state index is -0.473. The van der Waals surface area contributed by atoms with E-state index in [4.69, 9.17) is 4.42 Å². The number of nitro groups is 1. The van der Waals surface area contributed by atoms with E-state index in [1.54, 1.807) is 30.3 Å². The maximum absolute atomic E-state index is 12.7. The van der Waals surface area contributed by atoms with Crippen LogP contribution in [0.3, 0.4) is 0 Å². The number of imide groups is 1. The maximum Gasteiger partial charge on any atom is 0.329 e. The number of carbonyl (C=O) groups is 2. The largest absolute Gasteiger partial charge is 0.456 e. The van der Waals surface area contributed by atoms with Crippen LogP contribution in [0.15, 0.2) is 46.5 Å². The standard InChI is InChI=1S/C20H19N3O5/c24-19-16(21-20(25)22(19)13-6-2-1-3-7-13)12-14-10-11-18(28-14)15-8-4-5-9-17(15)23(26)27/h4-5,8-13H,1-3,6-7H2,(H,21,25)/b16-12-. The third-order valence-corrected chi connectivity index (χ3v) is 5.13. The number of hydrogen-bond donors (Lipinski definition) is 1. The topological polar surface area (TPSA) is 106 Å². The van der Waals surface area contributed by atoms with Crippen molar-refractivity contribution in [2.45, 2.75) is 38.1 Å². The first-order valence-electron chi connectivity index (χ1n) is 9.24. The third kappa shape index (κ3) is 3.28. The second kappa shape index (κ2) is 7.30. The van der Waals surface area contributed by atoms with E-state index in [1.165, 1.54) is 17.0 Å². The second-order valence-corrected chi connectivity index (χ2v) is 6.93. The number of furan rings is 1. The molecular weight excluding hydrogens is 362 g/mol. The van der Waals surface area contributed by atoms with Gasteiger partial charge in [-0.05, 0) is 31.0 Å². The summed E-state index contributed by atoms with van der Waals surface area (Å²) in [6.07, 6.45) is 6.27. The van der Waals surface area contributed by atoms with Crippen LogP contribution < -0.4 is 5.32 Å². The van der Waals surface area contributed by atoms with Crippen molar-refractivity contribution in [1.82, 2.24) is 10.2 Å². The number of nitro benzene ring substituents is 1. The van der Waals surface area contributed by atoms with Crippen molar-refractivity contribution >= 4 is 23.7 Å². The molecule has 3 amide bonds. The molecule has 1 N–H and O–H groups in total. The van der Waals surface area contributed by atoms with Gasteiger partial charge in [-0.15, -0.1) is 0 Å².